The smallest absolute Gasteiger partial charge is 1.00 e. The maximum Gasteiger partial charge on any atom is 2.00 e. The molecule has 4 aromatic rings. The molecule has 0 aliphatic carbocycles. The molecule has 0 unspecified atom stereocenters. The van der Waals surface area contributed by atoms with E-state index in [1.165, 1.54) is 0 Å². The zero-order valence-corrected chi connectivity index (χ0v) is 25.2. The van der Waals surface area contributed by atoms with Gasteiger partial charge in [0, 0.05) is 17.1 Å². The van der Waals surface area contributed by atoms with Crippen LogP contribution in [-0.2, 0) is 21.8 Å². The maximum absolute atomic E-state index is 6.05. The quantitative estimate of drug-likeness (QED) is 0.272. The Morgan fingerprint density at radius 1 is 0.707 bits per heavy atom. The van der Waals surface area contributed by atoms with Crippen molar-refractivity contribution in [3.63, 3.8) is 0 Å². The number of benzene rings is 1. The third-order valence-corrected chi connectivity index (χ3v) is 6.48. The van der Waals surface area contributed by atoms with E-state index < -0.39 is 0 Å². The predicted octanol–water partition coefficient (Wildman–Crippen LogP) is -0.149. The summed E-state index contributed by atoms with van der Waals surface area (Å²) in [7, 11) is 6.45. The van der Waals surface area contributed by atoms with Gasteiger partial charge in [0.25, 0.3) is 0 Å². The summed E-state index contributed by atoms with van der Waals surface area (Å²) in [6, 6.07) is 19.9. The summed E-state index contributed by atoms with van der Waals surface area (Å²) in [6.07, 6.45) is 5.83. The summed E-state index contributed by atoms with van der Waals surface area (Å²) in [5.41, 5.74) is 7.79. The van der Waals surface area contributed by atoms with E-state index in [2.05, 4.69) is 4.98 Å². The number of nitrogens with one attached hydrogen (secondary N) is 1. The zero-order valence-electron chi connectivity index (χ0n) is 22.6. The van der Waals surface area contributed by atoms with E-state index in [0.29, 0.717) is 34.2 Å². The Hall–Kier alpha value is -3.88. The Morgan fingerprint density at radius 3 is 1.95 bits per heavy atom. The molecule has 0 spiro atoms. The number of methoxy groups -OCH3 is 3. The van der Waals surface area contributed by atoms with Crippen molar-refractivity contribution in [2.24, 2.45) is 0 Å². The average molecular weight is 633 g/mol. The molecule has 212 valence electrons. The van der Waals surface area contributed by atoms with Crippen LogP contribution in [0.2, 0.25) is 0 Å². The van der Waals surface area contributed by atoms with Crippen LogP contribution < -0.4 is 39.1 Å². The monoisotopic (exact) mass is 632 g/mol. The Labute approximate surface area is 260 Å². The fourth-order valence-corrected chi connectivity index (χ4v) is 4.88. The first-order chi connectivity index (χ1) is 18.6. The number of halogens is 2. The van der Waals surface area contributed by atoms with E-state index in [1.807, 2.05) is 78.9 Å². The Kier molecular flexibility index (Phi) is 10.2. The van der Waals surface area contributed by atoms with Gasteiger partial charge in [0.05, 0.1) is 49.5 Å². The van der Waals surface area contributed by atoms with Crippen molar-refractivity contribution in [1.82, 2.24) is 19.7 Å². The number of hydrogen-bond acceptors (Lipinski definition) is 6. The second-order valence-electron chi connectivity index (χ2n) is 8.71. The number of ether oxygens (including phenoxy) is 3. The molecular formula is C30H26Cl2FeN4O4. The minimum absolute atomic E-state index is 0. The van der Waals surface area contributed by atoms with Crippen LogP contribution in [0.5, 0.6) is 11.5 Å². The number of fused-ring (bicyclic) bond motifs is 8. The normalized spacial score (nSPS) is 11.4. The number of rotatable bonds is 5. The van der Waals surface area contributed by atoms with Gasteiger partial charge in [0.2, 0.25) is 0 Å². The minimum atomic E-state index is 0. The third-order valence-electron chi connectivity index (χ3n) is 6.48. The van der Waals surface area contributed by atoms with Gasteiger partial charge < -0.3 is 48.8 Å². The van der Waals surface area contributed by atoms with Crippen molar-refractivity contribution in [2.45, 2.75) is 0 Å². The summed E-state index contributed by atoms with van der Waals surface area (Å²) in [6.45, 7) is 0. The maximum atomic E-state index is 6.05. The van der Waals surface area contributed by atoms with Gasteiger partial charge in [-0.2, -0.15) is 4.73 Å². The number of aromatic nitrogens is 4. The summed E-state index contributed by atoms with van der Waals surface area (Å²) >= 11 is 0. The van der Waals surface area contributed by atoms with Gasteiger partial charge >= 0.3 is 17.1 Å². The molecular weight excluding hydrogens is 607 g/mol. The minimum Gasteiger partial charge on any atom is -1.00 e. The Morgan fingerprint density at radius 2 is 1.34 bits per heavy atom. The average Bonchev–Trinajstić information content (AvgIpc) is 3.72. The molecule has 3 aromatic heterocycles. The number of H-pyrrole nitrogens is 1. The molecule has 0 amide bonds. The van der Waals surface area contributed by atoms with E-state index in [-0.39, 0.29) is 41.9 Å². The van der Waals surface area contributed by atoms with E-state index in [1.54, 1.807) is 33.2 Å². The third kappa shape index (κ3) is 5.67. The van der Waals surface area contributed by atoms with Gasteiger partial charge in [-0.3, -0.25) is 0 Å². The summed E-state index contributed by atoms with van der Waals surface area (Å²) in [5.74, 6) is 1.59. The van der Waals surface area contributed by atoms with Crippen LogP contribution >= 0.6 is 0 Å². The number of nitrogens with zero attached hydrogens (tertiary/aromatic N) is 3. The second kappa shape index (κ2) is 13.2. The van der Waals surface area contributed by atoms with Gasteiger partial charge in [-0.25, -0.2) is 9.97 Å². The molecule has 1 aromatic carbocycles. The van der Waals surface area contributed by atoms with Crippen LogP contribution in [0.15, 0.2) is 60.7 Å². The molecule has 5 heterocycles. The fraction of sp³-hybridized carbons (Fsp3) is 0.133. The van der Waals surface area contributed by atoms with Crippen LogP contribution in [0.4, 0.5) is 0 Å². The van der Waals surface area contributed by atoms with E-state index in [4.69, 9.17) is 29.0 Å². The molecule has 2 aliphatic heterocycles. The molecule has 8 bridgehead atoms. The van der Waals surface area contributed by atoms with Crippen LogP contribution in [0, 0.1) is 0 Å². The molecule has 0 radical (unpaired) electrons. The molecule has 1 N–H and O–H groups in total. The van der Waals surface area contributed by atoms with Gasteiger partial charge in [0.15, 0.2) is 28.5 Å². The second-order valence-corrected chi connectivity index (χ2v) is 8.71. The SMILES string of the molecule is COC1=Cc2cc3ccc(cc4nc(cc5c(-c6ccccc6)c(OC)c(c(OC)c1n2)n5OC)C=C4)[nH]3.[Cl-].[Cl-].[Fe+2]. The van der Waals surface area contributed by atoms with Crippen molar-refractivity contribution in [1.29, 1.82) is 0 Å². The van der Waals surface area contributed by atoms with Gasteiger partial charge in [-0.15, -0.1) is 0 Å². The molecule has 0 atom stereocenters. The van der Waals surface area contributed by atoms with Crippen LogP contribution in [0.25, 0.3) is 57.2 Å². The van der Waals surface area contributed by atoms with Crippen molar-refractivity contribution in [3.05, 3.63) is 83.4 Å². The van der Waals surface area contributed by atoms with Crippen molar-refractivity contribution >= 4 is 46.1 Å². The largest absolute Gasteiger partial charge is 2.00 e. The molecule has 0 fully saturated rings. The number of hydrogen-bond donors (Lipinski definition) is 1. The van der Waals surface area contributed by atoms with Crippen molar-refractivity contribution in [3.8, 4) is 22.6 Å². The first-order valence-electron chi connectivity index (χ1n) is 12.1. The van der Waals surface area contributed by atoms with Crippen LogP contribution in [-0.4, -0.2) is 48.1 Å². The summed E-state index contributed by atoms with van der Waals surface area (Å²) in [5, 5.41) is 0. The molecule has 11 heteroatoms. The van der Waals surface area contributed by atoms with E-state index in [0.717, 1.165) is 39.1 Å². The summed E-state index contributed by atoms with van der Waals surface area (Å²) < 4.78 is 19.5. The van der Waals surface area contributed by atoms with Gasteiger partial charge in [0.1, 0.15) is 7.11 Å². The van der Waals surface area contributed by atoms with E-state index >= 15 is 0 Å². The molecule has 2 aliphatic rings. The first-order valence-corrected chi connectivity index (χ1v) is 12.1. The van der Waals surface area contributed by atoms with Gasteiger partial charge in [-0.05, 0) is 48.0 Å². The Balaban J connectivity index is 0.00000154. The topological polar surface area (TPSA) is 83.4 Å². The number of aromatic amines is 1. The first kappa shape index (κ1) is 31.6. The Bertz CT molecular complexity index is 1780. The standard InChI is InChI=1S/C30H26N4O4.2ClH.Fe/c1-35-25-17-23-15-21-11-10-19(31-21)14-20-12-13-22(32-20)16-24-26(18-8-6-5-7-9-18)29(36-2)28(34(24)38-4)30(37-3)27(25)33-23;;;/h5-17,31H,1-4H3;2*1H;/q;;;+2/p-2. The van der Waals surface area contributed by atoms with Gasteiger partial charge in [-0.1, -0.05) is 30.3 Å². The molecule has 41 heavy (non-hydrogen) atoms. The van der Waals surface area contributed by atoms with Crippen molar-refractivity contribution < 1.29 is 60.9 Å². The molecule has 8 nitrogen and oxygen atoms in total. The predicted molar refractivity (Wildman–Crippen MR) is 149 cm³/mol. The van der Waals surface area contributed by atoms with Crippen LogP contribution in [0.3, 0.4) is 0 Å². The molecule has 0 saturated heterocycles. The molecule has 0 saturated carbocycles. The van der Waals surface area contributed by atoms with E-state index in [9.17, 15) is 0 Å². The summed E-state index contributed by atoms with van der Waals surface area (Å²) in [4.78, 5) is 19.1. The zero-order chi connectivity index (χ0) is 26.2. The molecule has 6 rings (SSSR count). The fourth-order valence-electron chi connectivity index (χ4n) is 4.88. The van der Waals surface area contributed by atoms with Crippen LogP contribution in [0.1, 0.15) is 22.8 Å². The van der Waals surface area contributed by atoms with Crippen molar-refractivity contribution in [2.75, 3.05) is 28.4 Å².